The van der Waals surface area contributed by atoms with E-state index in [4.69, 9.17) is 13.9 Å². The summed E-state index contributed by atoms with van der Waals surface area (Å²) in [5, 5.41) is 5.01. The fourth-order valence-corrected chi connectivity index (χ4v) is 3.80. The lowest BCUT2D eigenvalue weighted by molar-refractivity contribution is -0.910. The maximum absolute atomic E-state index is 12.3. The number of fused-ring (bicyclic) bond motifs is 1. The van der Waals surface area contributed by atoms with Crippen molar-refractivity contribution in [2.45, 2.75) is 25.4 Å². The molecule has 8 nitrogen and oxygen atoms in total. The van der Waals surface area contributed by atoms with Crippen LogP contribution < -0.4 is 25.0 Å². The zero-order valence-electron chi connectivity index (χ0n) is 15.5. The van der Waals surface area contributed by atoms with Crippen LogP contribution in [0.3, 0.4) is 0 Å². The minimum atomic E-state index is -0.518. The molecule has 1 unspecified atom stereocenters. The van der Waals surface area contributed by atoms with Crippen molar-refractivity contribution in [3.63, 3.8) is 0 Å². The highest BCUT2D eigenvalue weighted by Crippen LogP contribution is 2.33. The van der Waals surface area contributed by atoms with Crippen molar-refractivity contribution in [2.75, 3.05) is 26.3 Å². The highest BCUT2D eigenvalue weighted by Gasteiger charge is 2.32. The molecule has 1 aromatic heterocycles. The van der Waals surface area contributed by atoms with Crippen LogP contribution in [0, 0.1) is 0 Å². The van der Waals surface area contributed by atoms with Gasteiger partial charge in [-0.3, -0.25) is 10.1 Å². The topological polar surface area (TPSA) is 94.2 Å². The fraction of sp³-hybridized carbons (Fsp3) is 0.400. The van der Waals surface area contributed by atoms with E-state index in [1.807, 2.05) is 18.2 Å². The van der Waals surface area contributed by atoms with E-state index in [1.54, 1.807) is 12.1 Å². The lowest BCUT2D eigenvalue weighted by Crippen LogP contribution is -3.11. The molecule has 28 heavy (non-hydrogen) atoms. The minimum Gasteiger partial charge on any atom is -0.486 e. The van der Waals surface area contributed by atoms with E-state index in [0.717, 1.165) is 41.3 Å². The van der Waals surface area contributed by atoms with Gasteiger partial charge in [-0.25, -0.2) is 4.79 Å². The molecular formula is C20H24N3O5+. The number of urea groups is 1. The van der Waals surface area contributed by atoms with Crippen LogP contribution in [0.5, 0.6) is 11.5 Å². The molecule has 3 heterocycles. The molecule has 0 spiro atoms. The zero-order valence-corrected chi connectivity index (χ0v) is 15.5. The van der Waals surface area contributed by atoms with Gasteiger partial charge in [0.2, 0.25) is 0 Å². The van der Waals surface area contributed by atoms with Gasteiger partial charge in [0.25, 0.3) is 5.91 Å². The van der Waals surface area contributed by atoms with Crippen LogP contribution in [-0.4, -0.2) is 38.2 Å². The molecule has 0 bridgehead atoms. The molecule has 0 saturated carbocycles. The van der Waals surface area contributed by atoms with E-state index in [0.29, 0.717) is 19.0 Å². The van der Waals surface area contributed by atoms with Crippen LogP contribution in [-0.2, 0) is 11.3 Å². The normalized spacial score (nSPS) is 20.6. The molecule has 1 fully saturated rings. The lowest BCUT2D eigenvalue weighted by Gasteiger charge is -2.23. The van der Waals surface area contributed by atoms with E-state index >= 15 is 0 Å². The second-order valence-corrected chi connectivity index (χ2v) is 6.99. The molecule has 148 valence electrons. The standard InChI is InChI=1S/C20H23N3O5/c24-19(22-20(25)21-12-15-3-2-8-26-15)13-23-7-1-4-16(23)14-5-6-17-18(11-14)28-10-9-27-17/h2-3,5-6,8,11,16H,1,4,7,9-10,12-13H2,(H2,21,22,24,25)/p+1/t16-/m0/s1. The van der Waals surface area contributed by atoms with Crippen LogP contribution in [0.4, 0.5) is 4.79 Å². The van der Waals surface area contributed by atoms with Gasteiger partial charge in [0.05, 0.1) is 19.4 Å². The Hall–Kier alpha value is -3.00. The quantitative estimate of drug-likeness (QED) is 0.707. The van der Waals surface area contributed by atoms with Crippen LogP contribution in [0.2, 0.25) is 0 Å². The van der Waals surface area contributed by atoms with Crippen LogP contribution in [0.25, 0.3) is 0 Å². The third-order valence-corrected chi connectivity index (χ3v) is 5.10. The maximum Gasteiger partial charge on any atom is 0.321 e. The summed E-state index contributed by atoms with van der Waals surface area (Å²) in [6, 6.07) is 9.17. The smallest absolute Gasteiger partial charge is 0.321 e. The summed E-state index contributed by atoms with van der Waals surface area (Å²) in [4.78, 5) is 25.4. The number of nitrogens with one attached hydrogen (secondary N) is 3. The first-order valence-electron chi connectivity index (χ1n) is 9.53. The Morgan fingerprint density at radius 2 is 2.00 bits per heavy atom. The Labute approximate surface area is 162 Å². The Morgan fingerprint density at radius 1 is 1.14 bits per heavy atom. The molecule has 2 aliphatic rings. The van der Waals surface area contributed by atoms with Crippen LogP contribution in [0.15, 0.2) is 41.0 Å². The SMILES string of the molecule is O=C(C[NH+]1CCC[C@H]1c1ccc2c(c1)OCCO2)NC(=O)NCc1ccco1. The van der Waals surface area contributed by atoms with Gasteiger partial charge in [0.1, 0.15) is 25.0 Å². The van der Waals surface area contributed by atoms with E-state index in [9.17, 15) is 9.59 Å². The van der Waals surface area contributed by atoms with Gasteiger partial charge in [0.15, 0.2) is 18.0 Å². The van der Waals surface area contributed by atoms with E-state index in [1.165, 1.54) is 6.26 Å². The number of likely N-dealkylation sites (tertiary alicyclic amines) is 1. The summed E-state index contributed by atoms with van der Waals surface area (Å²) in [7, 11) is 0. The lowest BCUT2D eigenvalue weighted by atomic mass is 10.0. The molecule has 1 saturated heterocycles. The first kappa shape index (κ1) is 18.4. The summed E-state index contributed by atoms with van der Waals surface area (Å²) in [6.45, 7) is 2.48. The van der Waals surface area contributed by atoms with Crippen molar-refractivity contribution >= 4 is 11.9 Å². The van der Waals surface area contributed by atoms with Crippen LogP contribution in [0.1, 0.15) is 30.2 Å². The number of carbonyl (C=O) groups is 2. The number of ether oxygens (including phenoxy) is 2. The Kier molecular flexibility index (Phi) is 5.48. The van der Waals surface area contributed by atoms with Gasteiger partial charge in [-0.15, -0.1) is 0 Å². The predicted octanol–water partition coefficient (Wildman–Crippen LogP) is 0.797. The maximum atomic E-state index is 12.3. The average Bonchev–Trinajstić information content (AvgIpc) is 3.38. The fourth-order valence-electron chi connectivity index (χ4n) is 3.80. The van der Waals surface area contributed by atoms with Crippen molar-refractivity contribution < 1.29 is 28.4 Å². The number of carbonyl (C=O) groups excluding carboxylic acids is 2. The largest absolute Gasteiger partial charge is 0.486 e. The van der Waals surface area contributed by atoms with Crippen molar-refractivity contribution in [1.29, 1.82) is 0 Å². The van der Waals surface area contributed by atoms with E-state index in [-0.39, 0.29) is 25.0 Å². The number of rotatable bonds is 5. The minimum absolute atomic E-state index is 0.202. The van der Waals surface area contributed by atoms with Crippen LogP contribution >= 0.6 is 0 Å². The van der Waals surface area contributed by atoms with Gasteiger partial charge in [-0.1, -0.05) is 0 Å². The number of benzene rings is 1. The summed E-state index contributed by atoms with van der Waals surface area (Å²) in [5.41, 5.74) is 1.13. The molecule has 2 aliphatic heterocycles. The second kappa shape index (κ2) is 8.35. The monoisotopic (exact) mass is 386 g/mol. The van der Waals surface area contributed by atoms with Gasteiger partial charge < -0.3 is 24.1 Å². The number of furan rings is 1. The second-order valence-electron chi connectivity index (χ2n) is 6.99. The first-order valence-corrected chi connectivity index (χ1v) is 9.53. The first-order chi connectivity index (χ1) is 13.7. The molecule has 0 radical (unpaired) electrons. The van der Waals surface area contributed by atoms with Crippen molar-refractivity contribution in [3.05, 3.63) is 47.9 Å². The van der Waals surface area contributed by atoms with Crippen molar-refractivity contribution in [3.8, 4) is 11.5 Å². The number of hydrogen-bond acceptors (Lipinski definition) is 5. The van der Waals surface area contributed by atoms with Gasteiger partial charge in [-0.2, -0.15) is 0 Å². The third kappa shape index (κ3) is 4.28. The zero-order chi connectivity index (χ0) is 19.3. The molecule has 2 aromatic rings. The molecule has 2 atom stereocenters. The average molecular weight is 386 g/mol. The highest BCUT2D eigenvalue weighted by molar-refractivity contribution is 5.94. The Morgan fingerprint density at radius 3 is 2.82 bits per heavy atom. The molecule has 3 N–H and O–H groups in total. The Bertz CT molecular complexity index is 836. The summed E-state index contributed by atoms with van der Waals surface area (Å²) >= 11 is 0. The summed E-state index contributed by atoms with van der Waals surface area (Å²) < 4.78 is 16.4. The molecule has 8 heteroatoms. The Balaban J connectivity index is 1.32. The number of amides is 3. The highest BCUT2D eigenvalue weighted by atomic mass is 16.6. The van der Waals surface area contributed by atoms with Gasteiger partial charge in [-0.05, 0) is 30.3 Å². The number of hydrogen-bond donors (Lipinski definition) is 3. The van der Waals surface area contributed by atoms with E-state index < -0.39 is 6.03 Å². The van der Waals surface area contributed by atoms with Gasteiger partial charge in [0, 0.05) is 18.4 Å². The van der Waals surface area contributed by atoms with Crippen molar-refractivity contribution in [1.82, 2.24) is 10.6 Å². The van der Waals surface area contributed by atoms with E-state index in [2.05, 4.69) is 10.6 Å². The number of imide groups is 1. The van der Waals surface area contributed by atoms with Crippen molar-refractivity contribution in [2.24, 2.45) is 0 Å². The molecule has 0 aliphatic carbocycles. The number of quaternary nitrogens is 1. The molecular weight excluding hydrogens is 362 g/mol. The summed E-state index contributed by atoms with van der Waals surface area (Å²) in [6.07, 6.45) is 3.56. The predicted molar refractivity (Wildman–Crippen MR) is 99.2 cm³/mol. The third-order valence-electron chi connectivity index (χ3n) is 5.10. The summed E-state index contributed by atoms with van der Waals surface area (Å²) in [5.74, 6) is 1.86. The molecule has 1 aromatic carbocycles. The van der Waals surface area contributed by atoms with Gasteiger partial charge >= 0.3 is 6.03 Å². The molecule has 4 rings (SSSR count). The molecule has 3 amide bonds.